The monoisotopic (exact) mass is 379 g/mol. The van der Waals surface area contributed by atoms with Crippen molar-refractivity contribution in [1.82, 2.24) is 9.46 Å². The van der Waals surface area contributed by atoms with Gasteiger partial charge in [0.05, 0.1) is 11.4 Å². The van der Waals surface area contributed by atoms with Crippen LogP contribution in [0.4, 0.5) is 5.82 Å². The Morgan fingerprint density at radius 2 is 1.73 bits per heavy atom. The number of carbonyl (C=O) groups is 1. The van der Waals surface area contributed by atoms with Crippen molar-refractivity contribution in [1.29, 1.82) is 0 Å². The molecule has 0 atom stereocenters. The zero-order valence-electron chi connectivity index (χ0n) is 16.0. The summed E-state index contributed by atoms with van der Waals surface area (Å²) in [5, 5.41) is 6.25. The number of aromatic nitrogens is 1. The molecule has 2 aromatic rings. The standard InChI is InChI=1S/C18H25N3O4S/c1-11(2)21(10-17(22)19-16-9-15(6)25-20-16)26(23,24)18-13(4)7-12(3)8-14(18)5/h7-9,11H,10H2,1-6H3,(H,19,20,22). The summed E-state index contributed by atoms with van der Waals surface area (Å²) < 4.78 is 32.6. The molecule has 8 heteroatoms. The number of benzene rings is 1. The lowest BCUT2D eigenvalue weighted by Gasteiger charge is -2.27. The van der Waals surface area contributed by atoms with E-state index in [0.717, 1.165) is 5.56 Å². The Hall–Kier alpha value is -2.19. The lowest BCUT2D eigenvalue weighted by atomic mass is 10.1. The van der Waals surface area contributed by atoms with Crippen LogP contribution >= 0.6 is 0 Å². The second-order valence-corrected chi connectivity index (χ2v) is 8.57. The van der Waals surface area contributed by atoms with E-state index in [9.17, 15) is 13.2 Å². The summed E-state index contributed by atoms with van der Waals surface area (Å²) in [7, 11) is -3.83. The summed E-state index contributed by atoms with van der Waals surface area (Å²) in [4.78, 5) is 12.6. The largest absolute Gasteiger partial charge is 0.360 e. The van der Waals surface area contributed by atoms with E-state index in [1.165, 1.54) is 4.31 Å². The molecule has 0 aliphatic rings. The topological polar surface area (TPSA) is 92.5 Å². The molecule has 0 radical (unpaired) electrons. The minimum absolute atomic E-state index is 0.252. The molecular weight excluding hydrogens is 354 g/mol. The first-order valence-corrected chi connectivity index (χ1v) is 9.79. The number of carbonyl (C=O) groups excluding carboxylic acids is 1. The van der Waals surface area contributed by atoms with E-state index in [4.69, 9.17) is 4.52 Å². The number of rotatable bonds is 6. The number of hydrogen-bond donors (Lipinski definition) is 1. The number of amides is 1. The number of nitrogens with zero attached hydrogens (tertiary/aromatic N) is 2. The van der Waals surface area contributed by atoms with Crippen molar-refractivity contribution in [3.63, 3.8) is 0 Å². The van der Waals surface area contributed by atoms with E-state index in [2.05, 4.69) is 10.5 Å². The Morgan fingerprint density at radius 1 is 1.15 bits per heavy atom. The molecule has 26 heavy (non-hydrogen) atoms. The molecule has 0 bridgehead atoms. The van der Waals surface area contributed by atoms with Gasteiger partial charge in [-0.1, -0.05) is 22.9 Å². The van der Waals surface area contributed by atoms with Crippen LogP contribution < -0.4 is 5.32 Å². The van der Waals surface area contributed by atoms with Crippen LogP contribution in [0.5, 0.6) is 0 Å². The van der Waals surface area contributed by atoms with Crippen molar-refractivity contribution in [2.45, 2.75) is 52.5 Å². The van der Waals surface area contributed by atoms with E-state index >= 15 is 0 Å². The molecule has 0 spiro atoms. The van der Waals surface area contributed by atoms with Gasteiger partial charge in [-0.25, -0.2) is 8.42 Å². The molecular formula is C18H25N3O4S. The third kappa shape index (κ3) is 4.31. The third-order valence-electron chi connectivity index (χ3n) is 3.94. The zero-order chi connectivity index (χ0) is 19.6. The highest BCUT2D eigenvalue weighted by atomic mass is 32.2. The highest BCUT2D eigenvalue weighted by molar-refractivity contribution is 7.89. The first-order chi connectivity index (χ1) is 12.0. The zero-order valence-corrected chi connectivity index (χ0v) is 16.8. The maximum atomic E-state index is 13.2. The molecule has 0 aliphatic carbocycles. The first kappa shape index (κ1) is 20.1. The van der Waals surface area contributed by atoms with Gasteiger partial charge in [0.15, 0.2) is 5.82 Å². The van der Waals surface area contributed by atoms with Crippen LogP contribution in [-0.2, 0) is 14.8 Å². The van der Waals surface area contributed by atoms with Crippen LogP contribution in [0, 0.1) is 27.7 Å². The molecule has 0 aliphatic heterocycles. The lowest BCUT2D eigenvalue weighted by molar-refractivity contribution is -0.116. The van der Waals surface area contributed by atoms with Crippen molar-refractivity contribution in [2.75, 3.05) is 11.9 Å². The number of nitrogens with one attached hydrogen (secondary N) is 1. The summed E-state index contributed by atoms with van der Waals surface area (Å²) in [6.07, 6.45) is 0. The lowest BCUT2D eigenvalue weighted by Crippen LogP contribution is -2.42. The molecule has 1 aromatic carbocycles. The van der Waals surface area contributed by atoms with Crippen molar-refractivity contribution >= 4 is 21.7 Å². The van der Waals surface area contributed by atoms with Crippen LogP contribution in [-0.4, -0.2) is 36.4 Å². The molecule has 1 N–H and O–H groups in total. The molecule has 0 saturated heterocycles. The molecule has 142 valence electrons. The number of anilines is 1. The van der Waals surface area contributed by atoms with Crippen molar-refractivity contribution in [2.24, 2.45) is 0 Å². The minimum Gasteiger partial charge on any atom is -0.360 e. The van der Waals surface area contributed by atoms with Gasteiger partial charge in [0.25, 0.3) is 0 Å². The molecule has 0 unspecified atom stereocenters. The Morgan fingerprint density at radius 3 is 2.19 bits per heavy atom. The number of sulfonamides is 1. The Balaban J connectivity index is 2.32. The normalized spacial score (nSPS) is 12.0. The predicted octanol–water partition coefficient (Wildman–Crippen LogP) is 2.95. The second-order valence-electron chi connectivity index (χ2n) is 6.74. The van der Waals surface area contributed by atoms with Gasteiger partial charge < -0.3 is 9.84 Å². The molecule has 0 fully saturated rings. The average molecular weight is 379 g/mol. The number of aryl methyl sites for hydroxylation is 4. The molecule has 7 nitrogen and oxygen atoms in total. The fourth-order valence-corrected chi connectivity index (χ4v) is 4.99. The highest BCUT2D eigenvalue weighted by Crippen LogP contribution is 2.26. The van der Waals surface area contributed by atoms with E-state index in [1.54, 1.807) is 40.7 Å². The second kappa shape index (κ2) is 7.59. The first-order valence-electron chi connectivity index (χ1n) is 8.35. The summed E-state index contributed by atoms with van der Waals surface area (Å²) in [6.45, 7) is 10.3. The van der Waals surface area contributed by atoms with Gasteiger partial charge in [0, 0.05) is 12.1 Å². The smallest absolute Gasteiger partial charge is 0.244 e. The summed E-state index contributed by atoms with van der Waals surface area (Å²) in [5.74, 6) is 0.342. The SMILES string of the molecule is Cc1cc(C)c(S(=O)(=O)N(CC(=O)Nc2cc(C)on2)C(C)C)c(C)c1. The van der Waals surface area contributed by atoms with Crippen LogP contribution in [0.1, 0.15) is 36.3 Å². The maximum Gasteiger partial charge on any atom is 0.244 e. The molecule has 0 saturated carbocycles. The summed E-state index contributed by atoms with van der Waals surface area (Å²) >= 11 is 0. The van der Waals surface area contributed by atoms with Gasteiger partial charge in [-0.2, -0.15) is 4.31 Å². The van der Waals surface area contributed by atoms with Gasteiger partial charge in [0.1, 0.15) is 5.76 Å². The fraction of sp³-hybridized carbons (Fsp3) is 0.444. The number of hydrogen-bond acceptors (Lipinski definition) is 5. The molecule has 2 rings (SSSR count). The van der Waals surface area contributed by atoms with Gasteiger partial charge in [-0.05, 0) is 52.7 Å². The third-order valence-corrected chi connectivity index (χ3v) is 6.27. The Bertz CT molecular complexity index is 893. The van der Waals surface area contributed by atoms with Crippen molar-refractivity contribution in [3.05, 3.63) is 40.6 Å². The van der Waals surface area contributed by atoms with Gasteiger partial charge in [0.2, 0.25) is 15.9 Å². The molecule has 1 amide bonds. The Labute approximate surface area is 154 Å². The van der Waals surface area contributed by atoms with E-state index in [-0.39, 0.29) is 23.3 Å². The summed E-state index contributed by atoms with van der Waals surface area (Å²) in [6, 6.07) is 4.85. The van der Waals surface area contributed by atoms with Crippen LogP contribution in [0.25, 0.3) is 0 Å². The molecule has 1 heterocycles. The predicted molar refractivity (Wildman–Crippen MR) is 99.6 cm³/mol. The Kier molecular flexibility index (Phi) is 5.87. The highest BCUT2D eigenvalue weighted by Gasteiger charge is 2.31. The van der Waals surface area contributed by atoms with Crippen molar-refractivity contribution in [3.8, 4) is 0 Å². The quantitative estimate of drug-likeness (QED) is 0.833. The van der Waals surface area contributed by atoms with E-state index in [1.807, 2.05) is 19.1 Å². The van der Waals surface area contributed by atoms with Crippen molar-refractivity contribution < 1.29 is 17.7 Å². The van der Waals surface area contributed by atoms with E-state index < -0.39 is 15.9 Å². The van der Waals surface area contributed by atoms with Gasteiger partial charge in [-0.15, -0.1) is 0 Å². The van der Waals surface area contributed by atoms with E-state index in [0.29, 0.717) is 16.9 Å². The van der Waals surface area contributed by atoms with Gasteiger partial charge in [-0.3, -0.25) is 4.79 Å². The molecule has 1 aromatic heterocycles. The summed E-state index contributed by atoms with van der Waals surface area (Å²) in [5.41, 5.74) is 2.33. The maximum absolute atomic E-state index is 13.2. The van der Waals surface area contributed by atoms with Crippen LogP contribution in [0.3, 0.4) is 0 Å². The minimum atomic E-state index is -3.83. The fourth-order valence-electron chi connectivity index (χ4n) is 2.99. The van der Waals surface area contributed by atoms with Crippen LogP contribution in [0.2, 0.25) is 0 Å². The van der Waals surface area contributed by atoms with Gasteiger partial charge >= 0.3 is 0 Å². The average Bonchev–Trinajstić information content (AvgIpc) is 2.87. The van der Waals surface area contributed by atoms with Crippen LogP contribution in [0.15, 0.2) is 27.6 Å².